The summed E-state index contributed by atoms with van der Waals surface area (Å²) in [5.41, 5.74) is 0.944. The Hall–Kier alpha value is -2.39. The summed E-state index contributed by atoms with van der Waals surface area (Å²) in [6, 6.07) is 4.16. The fourth-order valence-corrected chi connectivity index (χ4v) is 6.29. The number of aryl methyl sites for hydroxylation is 2. The lowest BCUT2D eigenvalue weighted by atomic mass is 9.95. The van der Waals surface area contributed by atoms with Gasteiger partial charge in [-0.1, -0.05) is 31.0 Å². The summed E-state index contributed by atoms with van der Waals surface area (Å²) in [5.74, 6) is 2.17. The van der Waals surface area contributed by atoms with E-state index < -0.39 is 0 Å². The number of aromatic amines is 1. The second-order valence-corrected chi connectivity index (χ2v) is 10.6. The molecule has 1 aliphatic rings. The van der Waals surface area contributed by atoms with E-state index >= 15 is 0 Å². The van der Waals surface area contributed by atoms with Crippen LogP contribution in [0.1, 0.15) is 66.6 Å². The molecule has 0 saturated heterocycles. The van der Waals surface area contributed by atoms with E-state index in [-0.39, 0.29) is 10.8 Å². The maximum atomic E-state index is 12.7. The third-order valence-electron chi connectivity index (χ3n) is 6.07. The minimum atomic E-state index is -0.0733. The molecule has 9 heteroatoms. The van der Waals surface area contributed by atoms with Crippen LogP contribution in [-0.2, 0) is 0 Å². The van der Waals surface area contributed by atoms with Crippen molar-refractivity contribution in [3.8, 4) is 11.6 Å². The molecule has 0 amide bonds. The monoisotopic (exact) mass is 455 g/mol. The van der Waals surface area contributed by atoms with Gasteiger partial charge in [0.2, 0.25) is 5.82 Å². The van der Waals surface area contributed by atoms with Gasteiger partial charge in [0.1, 0.15) is 10.7 Å². The normalized spacial score (nSPS) is 16.2. The third-order valence-corrected chi connectivity index (χ3v) is 8.24. The number of thiophene rings is 1. The highest BCUT2D eigenvalue weighted by Crippen LogP contribution is 2.40. The molecule has 1 fully saturated rings. The van der Waals surface area contributed by atoms with Crippen molar-refractivity contribution >= 4 is 33.3 Å². The van der Waals surface area contributed by atoms with Crippen molar-refractivity contribution in [1.29, 1.82) is 0 Å². The number of hydrogen-bond donors (Lipinski definition) is 1. The number of H-pyrrole nitrogens is 1. The maximum absolute atomic E-state index is 12.7. The third kappa shape index (κ3) is 3.74. The molecule has 1 saturated carbocycles. The Morgan fingerprint density at radius 3 is 2.81 bits per heavy atom. The first-order valence-corrected chi connectivity index (χ1v) is 12.4. The summed E-state index contributed by atoms with van der Waals surface area (Å²) in [6.45, 7) is 6.06. The van der Waals surface area contributed by atoms with Gasteiger partial charge < -0.3 is 9.40 Å². The van der Waals surface area contributed by atoms with Crippen molar-refractivity contribution in [2.75, 3.05) is 0 Å². The molecule has 1 atom stereocenters. The number of furan rings is 1. The van der Waals surface area contributed by atoms with Crippen LogP contribution in [0.3, 0.4) is 0 Å². The predicted octanol–water partition coefficient (Wildman–Crippen LogP) is 5.81. The van der Waals surface area contributed by atoms with Gasteiger partial charge in [0.25, 0.3) is 5.56 Å². The van der Waals surface area contributed by atoms with Gasteiger partial charge in [-0.15, -0.1) is 21.5 Å². The summed E-state index contributed by atoms with van der Waals surface area (Å²) < 4.78 is 7.87. The largest absolute Gasteiger partial charge is 0.461 e. The van der Waals surface area contributed by atoms with Crippen LogP contribution >= 0.6 is 23.1 Å². The van der Waals surface area contributed by atoms with Gasteiger partial charge in [0, 0.05) is 10.9 Å². The number of nitrogens with one attached hydrogen (secondary N) is 1. The molecule has 0 aliphatic heterocycles. The van der Waals surface area contributed by atoms with Gasteiger partial charge in [-0.25, -0.2) is 4.98 Å². The Kier molecular flexibility index (Phi) is 5.47. The first-order valence-electron chi connectivity index (χ1n) is 10.7. The van der Waals surface area contributed by atoms with E-state index in [9.17, 15) is 4.79 Å². The first kappa shape index (κ1) is 20.5. The van der Waals surface area contributed by atoms with Gasteiger partial charge in [-0.05, 0) is 51.3 Å². The fourth-order valence-electron chi connectivity index (χ4n) is 4.28. The number of aromatic nitrogens is 5. The van der Waals surface area contributed by atoms with Crippen LogP contribution in [-0.4, -0.2) is 24.7 Å². The number of nitrogens with zero attached hydrogens (tertiary/aromatic N) is 4. The van der Waals surface area contributed by atoms with E-state index in [1.165, 1.54) is 19.3 Å². The average molecular weight is 456 g/mol. The second-order valence-electron chi connectivity index (χ2n) is 8.12. The number of hydrogen-bond acceptors (Lipinski definition) is 7. The van der Waals surface area contributed by atoms with Crippen LogP contribution in [0.25, 0.3) is 21.8 Å². The zero-order valence-electron chi connectivity index (χ0n) is 17.8. The molecule has 1 N–H and O–H groups in total. The zero-order valence-corrected chi connectivity index (χ0v) is 19.5. The lowest BCUT2D eigenvalue weighted by Gasteiger charge is -2.25. The van der Waals surface area contributed by atoms with Crippen LogP contribution in [0.5, 0.6) is 0 Å². The van der Waals surface area contributed by atoms with Crippen molar-refractivity contribution in [2.24, 2.45) is 0 Å². The van der Waals surface area contributed by atoms with Crippen molar-refractivity contribution in [3.63, 3.8) is 0 Å². The molecule has 31 heavy (non-hydrogen) atoms. The molecule has 5 rings (SSSR count). The van der Waals surface area contributed by atoms with E-state index in [0.29, 0.717) is 17.3 Å². The highest BCUT2D eigenvalue weighted by atomic mass is 32.2. The summed E-state index contributed by atoms with van der Waals surface area (Å²) >= 11 is 3.16. The Balaban J connectivity index is 1.51. The van der Waals surface area contributed by atoms with E-state index in [0.717, 1.165) is 44.9 Å². The highest BCUT2D eigenvalue weighted by molar-refractivity contribution is 7.99. The molecule has 4 aromatic heterocycles. The number of rotatable bonds is 5. The van der Waals surface area contributed by atoms with Crippen molar-refractivity contribution in [3.05, 3.63) is 45.0 Å². The van der Waals surface area contributed by atoms with Gasteiger partial charge in [0.15, 0.2) is 10.9 Å². The molecule has 162 valence electrons. The van der Waals surface area contributed by atoms with E-state index in [1.54, 1.807) is 29.4 Å². The summed E-state index contributed by atoms with van der Waals surface area (Å²) in [5, 5.41) is 10.5. The molecule has 7 nitrogen and oxygen atoms in total. The molecule has 0 aromatic carbocycles. The minimum Gasteiger partial charge on any atom is -0.461 e. The first-order chi connectivity index (χ1) is 15.0. The maximum Gasteiger partial charge on any atom is 0.259 e. The van der Waals surface area contributed by atoms with Gasteiger partial charge in [-0.3, -0.25) is 9.36 Å². The molecule has 0 bridgehead atoms. The van der Waals surface area contributed by atoms with Crippen LogP contribution in [0, 0.1) is 13.8 Å². The standard InChI is InChI=1S/C22H25N5O2S2/c1-12-13(2)30-21-17(12)20(28)23-18(24-21)14(3)31-22-26-25-19(16-10-7-11-29-16)27(22)15-8-5-4-6-9-15/h7,10-11,14-15H,4-6,8-9H2,1-3H3,(H,23,24,28)/t14-/m0/s1. The Morgan fingerprint density at radius 1 is 1.26 bits per heavy atom. The van der Waals surface area contributed by atoms with Crippen LogP contribution in [0.2, 0.25) is 0 Å². The molecule has 0 unspecified atom stereocenters. The Morgan fingerprint density at radius 2 is 2.06 bits per heavy atom. The fraction of sp³-hybridized carbons (Fsp3) is 0.455. The summed E-state index contributed by atoms with van der Waals surface area (Å²) in [4.78, 5) is 22.4. The number of fused-ring (bicyclic) bond motifs is 1. The summed E-state index contributed by atoms with van der Waals surface area (Å²) in [6.07, 6.45) is 7.59. The molecule has 4 heterocycles. The quantitative estimate of drug-likeness (QED) is 0.382. The number of thioether (sulfide) groups is 1. The van der Waals surface area contributed by atoms with Crippen molar-refractivity contribution < 1.29 is 4.42 Å². The van der Waals surface area contributed by atoms with Crippen molar-refractivity contribution in [1.82, 2.24) is 24.7 Å². The Labute approximate surface area is 188 Å². The van der Waals surface area contributed by atoms with Gasteiger partial charge in [-0.2, -0.15) is 0 Å². The summed E-state index contributed by atoms with van der Waals surface area (Å²) in [7, 11) is 0. The highest BCUT2D eigenvalue weighted by Gasteiger charge is 2.27. The van der Waals surface area contributed by atoms with Gasteiger partial charge >= 0.3 is 0 Å². The SMILES string of the molecule is Cc1sc2nc([C@H](C)Sc3nnc(-c4ccco4)n3C3CCCCC3)[nH]c(=O)c2c1C. The van der Waals surface area contributed by atoms with Crippen LogP contribution in [0.15, 0.2) is 32.8 Å². The smallest absolute Gasteiger partial charge is 0.259 e. The molecular formula is C22H25N5O2S2. The predicted molar refractivity (Wildman–Crippen MR) is 124 cm³/mol. The molecule has 0 radical (unpaired) electrons. The van der Waals surface area contributed by atoms with Crippen LogP contribution in [0.4, 0.5) is 0 Å². The topological polar surface area (TPSA) is 89.6 Å². The zero-order chi connectivity index (χ0) is 21.5. The molecule has 4 aromatic rings. The lowest BCUT2D eigenvalue weighted by Crippen LogP contribution is -2.16. The van der Waals surface area contributed by atoms with E-state index in [2.05, 4.69) is 26.7 Å². The van der Waals surface area contributed by atoms with Crippen molar-refractivity contribution in [2.45, 2.75) is 69.3 Å². The minimum absolute atomic E-state index is 0.0701. The Bertz CT molecular complexity index is 1270. The molecule has 1 aliphatic carbocycles. The lowest BCUT2D eigenvalue weighted by molar-refractivity contribution is 0.337. The second kappa shape index (κ2) is 8.27. The van der Waals surface area contributed by atoms with E-state index in [4.69, 9.17) is 9.40 Å². The van der Waals surface area contributed by atoms with Gasteiger partial charge in [0.05, 0.1) is 16.9 Å². The average Bonchev–Trinajstić information content (AvgIpc) is 3.48. The van der Waals surface area contributed by atoms with Crippen LogP contribution < -0.4 is 5.56 Å². The van der Waals surface area contributed by atoms with E-state index in [1.807, 2.05) is 26.0 Å². The molecular weight excluding hydrogens is 430 g/mol. The molecule has 0 spiro atoms.